The Bertz CT molecular complexity index is 806. The van der Waals surface area contributed by atoms with Crippen molar-refractivity contribution in [1.82, 2.24) is 4.72 Å². The summed E-state index contributed by atoms with van der Waals surface area (Å²) in [6.45, 7) is 1.92. The predicted octanol–water partition coefficient (Wildman–Crippen LogP) is 0.926. The van der Waals surface area contributed by atoms with E-state index in [0.717, 1.165) is 25.2 Å². The maximum absolute atomic E-state index is 12.8. The highest BCUT2D eigenvalue weighted by Crippen LogP contribution is 2.40. The zero-order valence-electron chi connectivity index (χ0n) is 13.8. The lowest BCUT2D eigenvalue weighted by Gasteiger charge is -2.29. The third-order valence-electron chi connectivity index (χ3n) is 4.12. The van der Waals surface area contributed by atoms with Crippen LogP contribution in [0.4, 0.5) is 0 Å². The highest BCUT2D eigenvalue weighted by molar-refractivity contribution is 7.91. The summed E-state index contributed by atoms with van der Waals surface area (Å²) >= 11 is 0. The molecular formula is C14H23ClN2O5S2. The summed E-state index contributed by atoms with van der Waals surface area (Å²) in [5.41, 5.74) is 4.99. The molecule has 10 heteroatoms. The van der Waals surface area contributed by atoms with Gasteiger partial charge in [-0.05, 0) is 43.9 Å². The highest BCUT2D eigenvalue weighted by Gasteiger charge is 2.43. The van der Waals surface area contributed by atoms with Gasteiger partial charge >= 0.3 is 0 Å². The topological polar surface area (TPSA) is 116 Å². The molecule has 0 amide bonds. The maximum Gasteiger partial charge on any atom is 0.244 e. The molecule has 1 aliphatic rings. The summed E-state index contributed by atoms with van der Waals surface area (Å²) in [6.07, 6.45) is 2.85. The molecule has 1 aliphatic carbocycles. The molecular weight excluding hydrogens is 376 g/mol. The Kier molecular flexibility index (Phi) is 6.32. The first-order chi connectivity index (χ1) is 10.5. The van der Waals surface area contributed by atoms with Gasteiger partial charge in [-0.25, -0.2) is 21.6 Å². The van der Waals surface area contributed by atoms with Crippen LogP contribution in [0.3, 0.4) is 0 Å². The molecule has 3 N–H and O–H groups in total. The molecule has 1 aromatic rings. The maximum atomic E-state index is 12.8. The zero-order chi connectivity index (χ0) is 17.5. The van der Waals surface area contributed by atoms with E-state index in [1.165, 1.54) is 19.2 Å². The molecule has 24 heavy (non-hydrogen) atoms. The molecule has 0 aliphatic heterocycles. The Hall–Kier alpha value is -0.870. The van der Waals surface area contributed by atoms with Crippen molar-refractivity contribution in [1.29, 1.82) is 0 Å². The van der Waals surface area contributed by atoms with Crippen molar-refractivity contribution in [3.63, 3.8) is 0 Å². The number of hydrogen-bond acceptors (Lipinski definition) is 6. The molecule has 0 bridgehead atoms. The average Bonchev–Trinajstić information content (AvgIpc) is 3.30. The fourth-order valence-corrected chi connectivity index (χ4v) is 4.87. The van der Waals surface area contributed by atoms with Crippen molar-refractivity contribution in [2.75, 3.05) is 19.9 Å². The number of ether oxygens (including phenoxy) is 1. The normalized spacial score (nSPS) is 17.7. The highest BCUT2D eigenvalue weighted by atomic mass is 35.5. The van der Waals surface area contributed by atoms with E-state index in [4.69, 9.17) is 10.5 Å². The Morgan fingerprint density at radius 2 is 1.88 bits per heavy atom. The van der Waals surface area contributed by atoms with E-state index in [0.29, 0.717) is 0 Å². The Balaban J connectivity index is 0.00000288. The van der Waals surface area contributed by atoms with Crippen LogP contribution < -0.4 is 15.2 Å². The van der Waals surface area contributed by atoms with E-state index in [-0.39, 0.29) is 40.4 Å². The second-order valence-corrected chi connectivity index (χ2v) is 9.75. The summed E-state index contributed by atoms with van der Waals surface area (Å²) in [5, 5.41) is 0. The molecule has 1 aromatic carbocycles. The summed E-state index contributed by atoms with van der Waals surface area (Å²) in [6, 6.07) is 3.76. The lowest BCUT2D eigenvalue weighted by Crippen LogP contribution is -2.53. The van der Waals surface area contributed by atoms with E-state index in [9.17, 15) is 16.8 Å². The van der Waals surface area contributed by atoms with Crippen LogP contribution >= 0.6 is 12.4 Å². The van der Waals surface area contributed by atoms with Crippen LogP contribution in [-0.4, -0.2) is 42.3 Å². The number of nitrogens with one attached hydrogen (secondary N) is 1. The Labute approximate surface area is 149 Å². The summed E-state index contributed by atoms with van der Waals surface area (Å²) < 4.78 is 56.6. The minimum Gasteiger partial charge on any atom is -0.495 e. The largest absolute Gasteiger partial charge is 0.495 e. The van der Waals surface area contributed by atoms with Crippen LogP contribution in [0.15, 0.2) is 28.0 Å². The van der Waals surface area contributed by atoms with E-state index < -0.39 is 25.4 Å². The van der Waals surface area contributed by atoms with Gasteiger partial charge in [-0.3, -0.25) is 0 Å². The van der Waals surface area contributed by atoms with Crippen molar-refractivity contribution in [3.8, 4) is 5.75 Å². The van der Waals surface area contributed by atoms with Gasteiger partial charge in [0.1, 0.15) is 10.6 Å². The molecule has 0 heterocycles. The number of benzene rings is 1. The van der Waals surface area contributed by atoms with Crippen molar-refractivity contribution in [2.45, 2.75) is 35.1 Å². The molecule has 7 nitrogen and oxygen atoms in total. The second kappa shape index (κ2) is 7.17. The van der Waals surface area contributed by atoms with Crippen molar-refractivity contribution in [2.24, 2.45) is 11.7 Å². The summed E-state index contributed by atoms with van der Waals surface area (Å²) in [5.74, 6) is 0.270. The minimum absolute atomic E-state index is 0. The number of sulfonamides is 1. The van der Waals surface area contributed by atoms with Gasteiger partial charge in [0.05, 0.1) is 12.0 Å². The molecule has 138 valence electrons. The third-order valence-corrected chi connectivity index (χ3v) is 6.87. The van der Waals surface area contributed by atoms with E-state index >= 15 is 0 Å². The van der Waals surface area contributed by atoms with Gasteiger partial charge in [0, 0.05) is 18.3 Å². The number of hydrogen-bond donors (Lipinski definition) is 2. The summed E-state index contributed by atoms with van der Waals surface area (Å²) in [4.78, 5) is -0.289. The van der Waals surface area contributed by atoms with Gasteiger partial charge in [0.15, 0.2) is 9.84 Å². The van der Waals surface area contributed by atoms with Crippen molar-refractivity contribution < 1.29 is 21.6 Å². The SMILES string of the molecule is COc1ccc(S(C)(=O)=O)cc1S(=O)(=O)NC(C)(CN)C1CC1.Cl. The first kappa shape index (κ1) is 21.2. The van der Waals surface area contributed by atoms with E-state index in [1.807, 2.05) is 0 Å². The fraction of sp³-hybridized carbons (Fsp3) is 0.571. The quantitative estimate of drug-likeness (QED) is 0.705. The van der Waals surface area contributed by atoms with Crippen molar-refractivity contribution >= 4 is 32.3 Å². The van der Waals surface area contributed by atoms with Crippen LogP contribution in [0.25, 0.3) is 0 Å². The lowest BCUT2D eigenvalue weighted by molar-refractivity contribution is 0.370. The van der Waals surface area contributed by atoms with Crippen LogP contribution in [-0.2, 0) is 19.9 Å². The van der Waals surface area contributed by atoms with Crippen LogP contribution in [0.5, 0.6) is 5.75 Å². The predicted molar refractivity (Wildman–Crippen MR) is 93.9 cm³/mol. The summed E-state index contributed by atoms with van der Waals surface area (Å²) in [7, 11) is -6.19. The second-order valence-electron chi connectivity index (χ2n) is 6.09. The smallest absolute Gasteiger partial charge is 0.244 e. The molecule has 1 unspecified atom stereocenters. The molecule has 1 fully saturated rings. The number of methoxy groups -OCH3 is 1. The number of nitrogens with two attached hydrogens (primary N) is 1. The Morgan fingerprint density at radius 1 is 1.29 bits per heavy atom. The Morgan fingerprint density at radius 3 is 2.29 bits per heavy atom. The van der Waals surface area contributed by atoms with Gasteiger partial charge in [-0.2, -0.15) is 0 Å². The zero-order valence-corrected chi connectivity index (χ0v) is 16.2. The molecule has 2 rings (SSSR count). The monoisotopic (exact) mass is 398 g/mol. The van der Waals surface area contributed by atoms with Crippen LogP contribution in [0.1, 0.15) is 19.8 Å². The third kappa shape index (κ3) is 4.40. The standard InChI is InChI=1S/C14H22N2O5S2.ClH/c1-14(9-15,10-4-5-10)16-23(19,20)13-8-11(22(3,17)18)6-7-12(13)21-2;/h6-8,10,16H,4-5,9,15H2,1-3H3;1H. The lowest BCUT2D eigenvalue weighted by atomic mass is 9.98. The minimum atomic E-state index is -3.98. The van der Waals surface area contributed by atoms with E-state index in [2.05, 4.69) is 4.72 Å². The van der Waals surface area contributed by atoms with E-state index in [1.54, 1.807) is 6.92 Å². The molecule has 0 saturated heterocycles. The van der Waals surface area contributed by atoms with Crippen LogP contribution in [0, 0.1) is 5.92 Å². The first-order valence-corrected chi connectivity index (χ1v) is 10.5. The molecule has 0 spiro atoms. The van der Waals surface area contributed by atoms with Crippen LogP contribution in [0.2, 0.25) is 0 Å². The number of sulfone groups is 1. The fourth-order valence-electron chi connectivity index (χ4n) is 2.47. The van der Waals surface area contributed by atoms with Gasteiger partial charge in [0.2, 0.25) is 10.0 Å². The molecule has 1 saturated carbocycles. The number of rotatable bonds is 7. The van der Waals surface area contributed by atoms with Gasteiger partial charge in [-0.1, -0.05) is 0 Å². The van der Waals surface area contributed by atoms with Gasteiger partial charge < -0.3 is 10.5 Å². The number of halogens is 1. The van der Waals surface area contributed by atoms with Gasteiger partial charge in [-0.15, -0.1) is 12.4 Å². The molecule has 1 atom stereocenters. The average molecular weight is 399 g/mol. The molecule has 0 aromatic heterocycles. The first-order valence-electron chi connectivity index (χ1n) is 7.15. The molecule has 0 radical (unpaired) electrons. The van der Waals surface area contributed by atoms with Gasteiger partial charge in [0.25, 0.3) is 0 Å². The van der Waals surface area contributed by atoms with Crippen molar-refractivity contribution in [3.05, 3.63) is 18.2 Å².